The number of rotatable bonds is 4. The molecule has 1 amide bonds. The summed E-state index contributed by atoms with van der Waals surface area (Å²) < 4.78 is 4.72. The van der Waals surface area contributed by atoms with Gasteiger partial charge in [0.1, 0.15) is 0 Å². The van der Waals surface area contributed by atoms with Crippen LogP contribution in [0, 0.1) is 0 Å². The molecule has 1 aromatic rings. The summed E-state index contributed by atoms with van der Waals surface area (Å²) in [5.74, 6) is -0.191. The quantitative estimate of drug-likeness (QED) is 0.823. The van der Waals surface area contributed by atoms with Crippen LogP contribution in [0.25, 0.3) is 0 Å². The number of amides is 1. The fraction of sp³-hybridized carbons (Fsp3) is 0.467. The van der Waals surface area contributed by atoms with Gasteiger partial charge in [-0.15, -0.1) is 0 Å². The fourth-order valence-electron chi connectivity index (χ4n) is 2.38. The molecule has 20 heavy (non-hydrogen) atoms. The molecule has 5 heteroatoms. The average Bonchev–Trinajstić information content (AvgIpc) is 2.45. The first kappa shape index (κ1) is 14.5. The number of hydrogen-bond donors (Lipinski definition) is 1. The minimum Gasteiger partial charge on any atom is -0.469 e. The van der Waals surface area contributed by atoms with Crippen LogP contribution >= 0.6 is 0 Å². The molecule has 1 unspecified atom stereocenters. The van der Waals surface area contributed by atoms with Crippen molar-refractivity contribution in [3.63, 3.8) is 0 Å². The van der Waals surface area contributed by atoms with Crippen molar-refractivity contribution in [1.82, 2.24) is 10.2 Å². The summed E-state index contributed by atoms with van der Waals surface area (Å²) in [4.78, 5) is 25.2. The smallest absolute Gasteiger partial charge is 0.309 e. The van der Waals surface area contributed by atoms with Crippen LogP contribution in [0.2, 0.25) is 0 Å². The third kappa shape index (κ3) is 3.36. The molecule has 0 spiro atoms. The molecule has 0 aromatic heterocycles. The van der Waals surface area contributed by atoms with Gasteiger partial charge in [0.25, 0.3) is 0 Å². The summed E-state index contributed by atoms with van der Waals surface area (Å²) in [7, 11) is 1.39. The van der Waals surface area contributed by atoms with Gasteiger partial charge in [-0.1, -0.05) is 24.3 Å². The van der Waals surface area contributed by atoms with Gasteiger partial charge in [0.15, 0.2) is 0 Å². The van der Waals surface area contributed by atoms with E-state index in [1.807, 2.05) is 31.2 Å². The summed E-state index contributed by atoms with van der Waals surface area (Å²) in [6.07, 6.45) is 0.265. The van der Waals surface area contributed by atoms with E-state index in [0.29, 0.717) is 13.1 Å². The molecule has 1 aliphatic heterocycles. The second-order valence-corrected chi connectivity index (χ2v) is 4.96. The lowest BCUT2D eigenvalue weighted by Crippen LogP contribution is -2.53. The number of ether oxygens (including phenoxy) is 1. The van der Waals surface area contributed by atoms with Gasteiger partial charge in [-0.25, -0.2) is 0 Å². The van der Waals surface area contributed by atoms with Crippen molar-refractivity contribution < 1.29 is 14.3 Å². The Hall–Kier alpha value is -1.88. The summed E-state index contributed by atoms with van der Waals surface area (Å²) >= 11 is 0. The molecule has 1 fully saturated rings. The second-order valence-electron chi connectivity index (χ2n) is 4.96. The van der Waals surface area contributed by atoms with Crippen LogP contribution in [0.15, 0.2) is 24.3 Å². The Balaban J connectivity index is 2.12. The van der Waals surface area contributed by atoms with Crippen molar-refractivity contribution >= 4 is 11.9 Å². The Bertz CT molecular complexity index is 502. The monoisotopic (exact) mass is 276 g/mol. The summed E-state index contributed by atoms with van der Waals surface area (Å²) in [5.41, 5.74) is 2.02. The molecule has 108 valence electrons. The third-order valence-electron chi connectivity index (χ3n) is 3.68. The van der Waals surface area contributed by atoms with Crippen LogP contribution < -0.4 is 5.32 Å². The molecule has 1 saturated heterocycles. The molecule has 5 nitrogen and oxygen atoms in total. The van der Waals surface area contributed by atoms with Crippen LogP contribution in [0.4, 0.5) is 0 Å². The number of esters is 1. The second kappa shape index (κ2) is 6.52. The van der Waals surface area contributed by atoms with E-state index in [1.165, 1.54) is 7.11 Å². The highest BCUT2D eigenvalue weighted by atomic mass is 16.5. The van der Waals surface area contributed by atoms with Crippen LogP contribution in [-0.2, 0) is 27.3 Å². The summed E-state index contributed by atoms with van der Waals surface area (Å²) in [5, 5.41) is 2.85. The maximum absolute atomic E-state index is 11.7. The van der Waals surface area contributed by atoms with Crippen molar-refractivity contribution in [1.29, 1.82) is 0 Å². The minimum atomic E-state index is -0.248. The van der Waals surface area contributed by atoms with E-state index < -0.39 is 0 Å². The predicted molar refractivity (Wildman–Crippen MR) is 75.0 cm³/mol. The molecule has 2 rings (SSSR count). The summed E-state index contributed by atoms with van der Waals surface area (Å²) in [6, 6.07) is 7.65. The van der Waals surface area contributed by atoms with E-state index in [4.69, 9.17) is 4.74 Å². The number of nitrogens with zero attached hydrogens (tertiary/aromatic N) is 1. The van der Waals surface area contributed by atoms with Crippen molar-refractivity contribution in [3.8, 4) is 0 Å². The van der Waals surface area contributed by atoms with Gasteiger partial charge in [-0.2, -0.15) is 0 Å². The lowest BCUT2D eigenvalue weighted by Gasteiger charge is -2.33. The molecule has 0 saturated carbocycles. The third-order valence-corrected chi connectivity index (χ3v) is 3.68. The van der Waals surface area contributed by atoms with Crippen molar-refractivity contribution in [3.05, 3.63) is 35.4 Å². The zero-order valence-electron chi connectivity index (χ0n) is 11.9. The molecule has 0 radical (unpaired) electrons. The van der Waals surface area contributed by atoms with Gasteiger partial charge in [-0.05, 0) is 18.1 Å². The number of hydrogen-bond acceptors (Lipinski definition) is 4. The Morgan fingerprint density at radius 3 is 2.80 bits per heavy atom. The van der Waals surface area contributed by atoms with E-state index in [2.05, 4.69) is 10.2 Å². The molecular weight excluding hydrogens is 256 g/mol. The van der Waals surface area contributed by atoms with Gasteiger partial charge in [0.2, 0.25) is 5.91 Å². The lowest BCUT2D eigenvalue weighted by molar-refractivity contribution is -0.139. The van der Waals surface area contributed by atoms with Crippen LogP contribution in [0.3, 0.4) is 0 Å². The predicted octanol–water partition coefficient (Wildman–Crippen LogP) is 0.722. The Morgan fingerprint density at radius 2 is 2.10 bits per heavy atom. The van der Waals surface area contributed by atoms with Gasteiger partial charge in [0.05, 0.1) is 19.6 Å². The van der Waals surface area contributed by atoms with Crippen LogP contribution in [0.1, 0.15) is 18.1 Å². The van der Waals surface area contributed by atoms with Gasteiger partial charge in [0, 0.05) is 19.6 Å². The van der Waals surface area contributed by atoms with Crippen molar-refractivity contribution in [2.45, 2.75) is 25.9 Å². The first-order valence-electron chi connectivity index (χ1n) is 6.77. The summed E-state index contributed by atoms with van der Waals surface area (Å²) in [6.45, 7) is 4.06. The standard InChI is InChI=1S/C15H20N2O3/c1-11-15(19)16-7-8-17(11)10-13-6-4-3-5-12(13)9-14(18)20-2/h3-6,11H,7-10H2,1-2H3,(H,16,19). The maximum Gasteiger partial charge on any atom is 0.309 e. The maximum atomic E-state index is 11.7. The number of methoxy groups -OCH3 is 1. The Labute approximate surface area is 118 Å². The highest BCUT2D eigenvalue weighted by Crippen LogP contribution is 2.16. The molecule has 1 heterocycles. The average molecular weight is 276 g/mol. The normalized spacial score (nSPS) is 19.5. The van der Waals surface area contributed by atoms with Crippen molar-refractivity contribution in [2.75, 3.05) is 20.2 Å². The van der Waals surface area contributed by atoms with Crippen molar-refractivity contribution in [2.24, 2.45) is 0 Å². The molecule has 1 aliphatic rings. The van der Waals surface area contributed by atoms with Crippen LogP contribution in [0.5, 0.6) is 0 Å². The van der Waals surface area contributed by atoms with Crippen LogP contribution in [-0.4, -0.2) is 43.0 Å². The van der Waals surface area contributed by atoms with E-state index in [-0.39, 0.29) is 24.3 Å². The first-order valence-corrected chi connectivity index (χ1v) is 6.77. The number of benzene rings is 1. The number of piperazine rings is 1. The minimum absolute atomic E-state index is 0.0571. The number of carbonyl (C=O) groups excluding carboxylic acids is 2. The SMILES string of the molecule is COC(=O)Cc1ccccc1CN1CCNC(=O)C1C. The zero-order valence-corrected chi connectivity index (χ0v) is 11.9. The number of carbonyl (C=O) groups is 2. The van der Waals surface area contributed by atoms with E-state index in [1.54, 1.807) is 0 Å². The Kier molecular flexibility index (Phi) is 4.74. The highest BCUT2D eigenvalue weighted by Gasteiger charge is 2.25. The van der Waals surface area contributed by atoms with Gasteiger partial charge < -0.3 is 10.1 Å². The lowest BCUT2D eigenvalue weighted by atomic mass is 10.0. The molecule has 1 N–H and O–H groups in total. The van der Waals surface area contributed by atoms with E-state index >= 15 is 0 Å². The highest BCUT2D eigenvalue weighted by molar-refractivity contribution is 5.82. The topological polar surface area (TPSA) is 58.6 Å². The largest absolute Gasteiger partial charge is 0.469 e. The number of nitrogens with one attached hydrogen (secondary N) is 1. The van der Waals surface area contributed by atoms with E-state index in [9.17, 15) is 9.59 Å². The molecule has 0 bridgehead atoms. The van der Waals surface area contributed by atoms with E-state index in [0.717, 1.165) is 17.7 Å². The zero-order chi connectivity index (χ0) is 14.5. The molecule has 1 aromatic carbocycles. The van der Waals surface area contributed by atoms with Gasteiger partial charge >= 0.3 is 5.97 Å². The molecule has 0 aliphatic carbocycles. The Morgan fingerprint density at radius 1 is 1.40 bits per heavy atom. The molecular formula is C15H20N2O3. The van der Waals surface area contributed by atoms with Gasteiger partial charge in [-0.3, -0.25) is 14.5 Å². The fourth-order valence-corrected chi connectivity index (χ4v) is 2.38. The first-order chi connectivity index (χ1) is 9.61. The molecule has 1 atom stereocenters.